The Morgan fingerprint density at radius 1 is 1.35 bits per heavy atom. The Morgan fingerprint density at radius 2 is 2.08 bits per heavy atom. The number of fused-ring (bicyclic) bond motifs is 1. The lowest BCUT2D eigenvalue weighted by molar-refractivity contribution is -0.385. The van der Waals surface area contributed by atoms with E-state index < -0.39 is 14.9 Å². The summed E-state index contributed by atoms with van der Waals surface area (Å²) in [4.78, 5) is 10.4. The molecule has 0 aromatic heterocycles. The number of nitrogens with zero attached hydrogens (tertiary/aromatic N) is 3. The van der Waals surface area contributed by atoms with E-state index in [-0.39, 0.29) is 29.4 Å². The first-order valence-electron chi connectivity index (χ1n) is 8.66. The smallest absolute Gasteiger partial charge is 0.270 e. The minimum atomic E-state index is -3.86. The number of rotatable bonds is 7. The molecule has 1 aromatic carbocycles. The summed E-state index contributed by atoms with van der Waals surface area (Å²) in [5, 5.41) is 15.5. The second kappa shape index (κ2) is 7.16. The SMILES string of the molecule is CCN(CC)S(=O)(=O)c1cc([N+](=O)[O-])ccc1N/N=C1\C[C@@H]2C=CC[C@@H]12. The van der Waals surface area contributed by atoms with Crippen LogP contribution >= 0.6 is 0 Å². The molecule has 1 N–H and O–H groups in total. The average molecular weight is 378 g/mol. The fraction of sp³-hybridized carbons (Fsp3) is 0.471. The van der Waals surface area contributed by atoms with Crippen LogP contribution < -0.4 is 5.43 Å². The number of hydrazone groups is 1. The summed E-state index contributed by atoms with van der Waals surface area (Å²) in [5.41, 5.74) is 3.83. The van der Waals surface area contributed by atoms with Gasteiger partial charge in [-0.05, 0) is 24.8 Å². The molecule has 0 bridgehead atoms. The first-order valence-corrected chi connectivity index (χ1v) is 10.1. The molecule has 2 atom stereocenters. The maximum atomic E-state index is 12.9. The number of nitrogens with one attached hydrogen (secondary N) is 1. The maximum Gasteiger partial charge on any atom is 0.270 e. The van der Waals surface area contributed by atoms with Crippen LogP contribution in [0, 0.1) is 22.0 Å². The number of hydrogen-bond donors (Lipinski definition) is 1. The number of anilines is 1. The van der Waals surface area contributed by atoms with Gasteiger partial charge in [-0.15, -0.1) is 0 Å². The zero-order valence-corrected chi connectivity index (χ0v) is 15.6. The molecule has 0 saturated heterocycles. The molecule has 1 saturated carbocycles. The molecule has 1 aromatic rings. The second-order valence-corrected chi connectivity index (χ2v) is 8.29. The van der Waals surface area contributed by atoms with Gasteiger partial charge >= 0.3 is 0 Å². The number of allylic oxidation sites excluding steroid dienone is 2. The van der Waals surface area contributed by atoms with Crippen molar-refractivity contribution in [1.82, 2.24) is 4.31 Å². The van der Waals surface area contributed by atoms with Gasteiger partial charge in [0.15, 0.2) is 0 Å². The number of sulfonamides is 1. The van der Waals surface area contributed by atoms with Crippen molar-refractivity contribution in [3.63, 3.8) is 0 Å². The summed E-state index contributed by atoms with van der Waals surface area (Å²) >= 11 is 0. The molecular weight excluding hydrogens is 356 g/mol. The van der Waals surface area contributed by atoms with E-state index in [1.807, 2.05) is 0 Å². The van der Waals surface area contributed by atoms with Crippen LogP contribution in [0.3, 0.4) is 0 Å². The van der Waals surface area contributed by atoms with Gasteiger partial charge in [-0.25, -0.2) is 8.42 Å². The summed E-state index contributed by atoms with van der Waals surface area (Å²) in [7, 11) is -3.86. The van der Waals surface area contributed by atoms with Crippen molar-refractivity contribution in [3.05, 3.63) is 40.5 Å². The highest BCUT2D eigenvalue weighted by atomic mass is 32.2. The van der Waals surface area contributed by atoms with Gasteiger partial charge in [-0.1, -0.05) is 26.0 Å². The monoisotopic (exact) mass is 378 g/mol. The Hall–Kier alpha value is -2.26. The van der Waals surface area contributed by atoms with Crippen LogP contribution in [-0.4, -0.2) is 36.4 Å². The van der Waals surface area contributed by atoms with E-state index >= 15 is 0 Å². The van der Waals surface area contributed by atoms with Crippen molar-refractivity contribution >= 4 is 27.1 Å². The number of nitro groups is 1. The minimum Gasteiger partial charge on any atom is -0.277 e. The van der Waals surface area contributed by atoms with Crippen LogP contribution in [0.2, 0.25) is 0 Å². The van der Waals surface area contributed by atoms with Gasteiger partial charge in [0, 0.05) is 36.9 Å². The Morgan fingerprint density at radius 3 is 2.69 bits per heavy atom. The fourth-order valence-electron chi connectivity index (χ4n) is 3.43. The van der Waals surface area contributed by atoms with Gasteiger partial charge in [0.1, 0.15) is 4.90 Å². The van der Waals surface area contributed by atoms with E-state index in [1.54, 1.807) is 13.8 Å². The molecule has 2 aliphatic carbocycles. The summed E-state index contributed by atoms with van der Waals surface area (Å²) in [6.07, 6.45) is 6.14. The third kappa shape index (κ3) is 3.24. The van der Waals surface area contributed by atoms with Gasteiger partial charge < -0.3 is 0 Å². The fourth-order valence-corrected chi connectivity index (χ4v) is 5.05. The molecule has 9 heteroatoms. The van der Waals surface area contributed by atoms with E-state index in [4.69, 9.17) is 0 Å². The van der Waals surface area contributed by atoms with Crippen molar-refractivity contribution in [1.29, 1.82) is 0 Å². The van der Waals surface area contributed by atoms with Gasteiger partial charge in [0.25, 0.3) is 5.69 Å². The Bertz CT molecular complexity index is 875. The molecule has 0 spiro atoms. The lowest BCUT2D eigenvalue weighted by atomic mass is 9.74. The Labute approximate surface area is 152 Å². The third-order valence-corrected chi connectivity index (χ3v) is 7.07. The summed E-state index contributed by atoms with van der Waals surface area (Å²) in [5.74, 6) is 0.926. The Kier molecular flexibility index (Phi) is 5.10. The molecule has 3 rings (SSSR count). The van der Waals surface area contributed by atoms with Crippen LogP contribution in [-0.2, 0) is 10.0 Å². The number of non-ortho nitro benzene ring substituents is 1. The summed E-state index contributed by atoms with van der Waals surface area (Å²) < 4.78 is 27.1. The highest BCUT2D eigenvalue weighted by molar-refractivity contribution is 7.89. The van der Waals surface area contributed by atoms with Gasteiger partial charge in [0.05, 0.1) is 10.6 Å². The van der Waals surface area contributed by atoms with Crippen LogP contribution in [0.25, 0.3) is 0 Å². The third-order valence-electron chi connectivity index (χ3n) is 4.98. The van der Waals surface area contributed by atoms with E-state index in [0.29, 0.717) is 11.8 Å². The molecule has 0 aliphatic heterocycles. The van der Waals surface area contributed by atoms with E-state index in [1.165, 1.54) is 16.4 Å². The largest absolute Gasteiger partial charge is 0.277 e. The predicted molar refractivity (Wildman–Crippen MR) is 99.6 cm³/mol. The highest BCUT2D eigenvalue weighted by Gasteiger charge is 2.38. The number of benzene rings is 1. The molecule has 140 valence electrons. The minimum absolute atomic E-state index is 0.125. The lowest BCUT2D eigenvalue weighted by Crippen LogP contribution is -2.34. The van der Waals surface area contributed by atoms with E-state index in [2.05, 4.69) is 22.7 Å². The van der Waals surface area contributed by atoms with Crippen LogP contribution in [0.1, 0.15) is 26.7 Å². The molecule has 2 aliphatic rings. The van der Waals surface area contributed by atoms with Gasteiger partial charge in [-0.2, -0.15) is 9.41 Å². The van der Waals surface area contributed by atoms with Crippen LogP contribution in [0.15, 0.2) is 40.3 Å². The van der Waals surface area contributed by atoms with Crippen molar-refractivity contribution in [2.24, 2.45) is 16.9 Å². The first kappa shape index (κ1) is 18.5. The quantitative estimate of drug-likeness (QED) is 0.446. The molecular formula is C17H22N4O4S. The first-order chi connectivity index (χ1) is 12.4. The topological polar surface area (TPSA) is 105 Å². The lowest BCUT2D eigenvalue weighted by Gasteiger charge is -2.32. The predicted octanol–water partition coefficient (Wildman–Crippen LogP) is 2.99. The molecule has 26 heavy (non-hydrogen) atoms. The highest BCUT2D eigenvalue weighted by Crippen LogP contribution is 2.40. The number of hydrogen-bond acceptors (Lipinski definition) is 6. The Balaban J connectivity index is 1.94. The zero-order valence-electron chi connectivity index (χ0n) is 14.8. The average Bonchev–Trinajstić information content (AvgIpc) is 2.96. The van der Waals surface area contributed by atoms with Crippen molar-refractivity contribution in [2.45, 2.75) is 31.6 Å². The van der Waals surface area contributed by atoms with E-state index in [9.17, 15) is 18.5 Å². The van der Waals surface area contributed by atoms with Crippen molar-refractivity contribution in [3.8, 4) is 0 Å². The normalized spacial score (nSPS) is 23.1. The molecule has 1 fully saturated rings. The molecule has 0 heterocycles. The molecule has 0 amide bonds. The van der Waals surface area contributed by atoms with Gasteiger partial charge in [-0.3, -0.25) is 15.5 Å². The van der Waals surface area contributed by atoms with Gasteiger partial charge in [0.2, 0.25) is 10.0 Å². The van der Waals surface area contributed by atoms with Crippen molar-refractivity contribution in [2.75, 3.05) is 18.5 Å². The summed E-state index contributed by atoms with van der Waals surface area (Å²) in [6, 6.07) is 3.78. The zero-order chi connectivity index (χ0) is 18.9. The molecule has 8 nitrogen and oxygen atoms in total. The molecule has 0 unspecified atom stereocenters. The molecule has 0 radical (unpaired) electrons. The van der Waals surface area contributed by atoms with Crippen LogP contribution in [0.5, 0.6) is 0 Å². The second-order valence-electron chi connectivity index (χ2n) is 6.38. The standard InChI is InChI=1S/C17H22N4O4S/c1-3-20(4-2)26(24,25)17-11-13(21(22)23)8-9-15(17)18-19-16-10-12-6-5-7-14(12)16/h5-6,8-9,11-12,14,18H,3-4,7,10H2,1-2H3/b19-16+/t12-,14+/m0/s1. The summed E-state index contributed by atoms with van der Waals surface area (Å²) in [6.45, 7) is 4.02. The maximum absolute atomic E-state index is 12.9. The number of nitro benzene ring substituents is 1. The van der Waals surface area contributed by atoms with E-state index in [0.717, 1.165) is 24.6 Å². The van der Waals surface area contributed by atoms with Crippen molar-refractivity contribution < 1.29 is 13.3 Å². The van der Waals surface area contributed by atoms with Crippen LogP contribution in [0.4, 0.5) is 11.4 Å².